The molecular weight excluding hydrogens is 500 g/mol. The summed E-state index contributed by atoms with van der Waals surface area (Å²) in [4.78, 5) is 24.5. The molecule has 1 amide bonds. The van der Waals surface area contributed by atoms with E-state index in [-0.39, 0.29) is 5.91 Å². The predicted molar refractivity (Wildman–Crippen MR) is 162 cm³/mol. The lowest BCUT2D eigenvalue weighted by Crippen LogP contribution is -2.33. The number of rotatable bonds is 11. The second kappa shape index (κ2) is 13.3. The summed E-state index contributed by atoms with van der Waals surface area (Å²) in [6, 6.07) is 25.1. The third kappa shape index (κ3) is 6.74. The number of hydrogen-bond donors (Lipinski definition) is 0. The number of aromatic nitrogens is 2. The van der Waals surface area contributed by atoms with Crippen molar-refractivity contribution in [1.82, 2.24) is 19.4 Å². The monoisotopic (exact) mass is 540 g/mol. The maximum absolute atomic E-state index is 13.7. The van der Waals surface area contributed by atoms with Crippen LogP contribution in [-0.4, -0.2) is 51.1 Å². The minimum absolute atomic E-state index is 0.0696. The normalized spacial score (nSPS) is 14.1. The minimum atomic E-state index is 0.0696. The number of piperidine rings is 1. The first-order chi connectivity index (χ1) is 19.2. The smallest absolute Gasteiger partial charge is 0.254 e. The summed E-state index contributed by atoms with van der Waals surface area (Å²) in [5.74, 6) is 1.01. The number of fused-ring (bicyclic) bond motifs is 1. The second-order valence-electron chi connectivity index (χ2n) is 10.5. The van der Waals surface area contributed by atoms with E-state index in [9.17, 15) is 4.79 Å². The lowest BCUT2D eigenvalue weighted by Gasteiger charge is -2.27. The van der Waals surface area contributed by atoms with Crippen molar-refractivity contribution in [3.05, 3.63) is 95.3 Å². The van der Waals surface area contributed by atoms with Gasteiger partial charge in [-0.05, 0) is 86.1 Å². The number of carbonyl (C=O) groups is 1. The molecule has 0 spiro atoms. The molecule has 6 heteroatoms. The zero-order chi connectivity index (χ0) is 27.0. The lowest BCUT2D eigenvalue weighted by molar-refractivity contribution is 0.0735. The summed E-state index contributed by atoms with van der Waals surface area (Å²) < 4.78 is 2.33. The van der Waals surface area contributed by atoms with Gasteiger partial charge in [0, 0.05) is 30.1 Å². The summed E-state index contributed by atoms with van der Waals surface area (Å²) in [7, 11) is 0. The van der Waals surface area contributed by atoms with Crippen LogP contribution in [0.1, 0.15) is 66.3 Å². The number of thioether (sulfide) groups is 1. The molecule has 3 aromatic carbocycles. The van der Waals surface area contributed by atoms with Gasteiger partial charge in [0.2, 0.25) is 0 Å². The fraction of sp³-hybridized carbons (Fsp3) is 0.394. The highest BCUT2D eigenvalue weighted by Crippen LogP contribution is 2.24. The summed E-state index contributed by atoms with van der Waals surface area (Å²) >= 11 is 1.69. The van der Waals surface area contributed by atoms with E-state index in [0.717, 1.165) is 53.2 Å². The Morgan fingerprint density at radius 2 is 1.59 bits per heavy atom. The molecule has 0 bridgehead atoms. The van der Waals surface area contributed by atoms with Crippen molar-refractivity contribution in [3.63, 3.8) is 0 Å². The molecule has 1 aromatic heterocycles. The molecule has 2 heterocycles. The van der Waals surface area contributed by atoms with Crippen molar-refractivity contribution in [2.24, 2.45) is 0 Å². The van der Waals surface area contributed by atoms with Gasteiger partial charge in [-0.2, -0.15) is 0 Å². The van der Waals surface area contributed by atoms with E-state index >= 15 is 0 Å². The van der Waals surface area contributed by atoms with E-state index < -0.39 is 0 Å². The highest BCUT2D eigenvalue weighted by molar-refractivity contribution is 7.98. The highest BCUT2D eigenvalue weighted by Gasteiger charge is 2.21. The average Bonchev–Trinajstić information content (AvgIpc) is 3.33. The van der Waals surface area contributed by atoms with E-state index in [2.05, 4.69) is 65.1 Å². The third-order valence-corrected chi connectivity index (χ3v) is 8.50. The molecule has 0 atom stereocenters. The Kier molecular flexibility index (Phi) is 9.38. The number of para-hydroxylation sites is 2. The van der Waals surface area contributed by atoms with Crippen LogP contribution >= 0.6 is 11.8 Å². The van der Waals surface area contributed by atoms with Crippen LogP contribution in [0, 0.1) is 0 Å². The average molecular weight is 541 g/mol. The van der Waals surface area contributed by atoms with Crippen LogP contribution < -0.4 is 0 Å². The molecule has 204 valence electrons. The van der Waals surface area contributed by atoms with Gasteiger partial charge in [-0.1, -0.05) is 56.2 Å². The first-order valence-electron chi connectivity index (χ1n) is 14.3. The Hall–Kier alpha value is -3.09. The molecule has 0 unspecified atom stereocenters. The van der Waals surface area contributed by atoms with Crippen molar-refractivity contribution in [1.29, 1.82) is 0 Å². The summed E-state index contributed by atoms with van der Waals surface area (Å²) in [5, 5.41) is 0. The van der Waals surface area contributed by atoms with Crippen LogP contribution in [0.4, 0.5) is 0 Å². The van der Waals surface area contributed by atoms with Gasteiger partial charge >= 0.3 is 0 Å². The first-order valence-corrected chi connectivity index (χ1v) is 15.6. The molecule has 0 saturated carbocycles. The molecule has 0 N–H and O–H groups in total. The van der Waals surface area contributed by atoms with E-state index in [4.69, 9.17) is 4.98 Å². The number of imidazole rings is 1. The fourth-order valence-electron chi connectivity index (χ4n) is 5.51. The molecule has 1 saturated heterocycles. The van der Waals surface area contributed by atoms with E-state index in [1.54, 1.807) is 11.8 Å². The second-order valence-corrected chi connectivity index (χ2v) is 11.4. The SMILES string of the molecule is CCCCN(Cc1nc2ccccc2n1Cc1ccccc1CN1CCCCC1)C(=O)c1ccc(SC)cc1. The van der Waals surface area contributed by atoms with Gasteiger partial charge in [0.25, 0.3) is 5.91 Å². The molecule has 0 aliphatic carbocycles. The topological polar surface area (TPSA) is 41.4 Å². The van der Waals surface area contributed by atoms with Crippen LogP contribution in [0.5, 0.6) is 0 Å². The molecule has 39 heavy (non-hydrogen) atoms. The van der Waals surface area contributed by atoms with E-state index in [0.29, 0.717) is 13.1 Å². The van der Waals surface area contributed by atoms with E-state index in [1.807, 2.05) is 35.2 Å². The van der Waals surface area contributed by atoms with Crippen molar-refractivity contribution in [2.75, 3.05) is 25.9 Å². The number of nitrogens with zero attached hydrogens (tertiary/aromatic N) is 4. The van der Waals surface area contributed by atoms with Gasteiger partial charge in [0.1, 0.15) is 5.82 Å². The molecule has 4 aromatic rings. The molecule has 5 rings (SSSR count). The fourth-order valence-corrected chi connectivity index (χ4v) is 5.91. The highest BCUT2D eigenvalue weighted by atomic mass is 32.2. The lowest BCUT2D eigenvalue weighted by atomic mass is 10.0. The van der Waals surface area contributed by atoms with Crippen molar-refractivity contribution < 1.29 is 4.79 Å². The number of likely N-dealkylation sites (tertiary alicyclic amines) is 1. The van der Waals surface area contributed by atoms with Gasteiger partial charge in [-0.25, -0.2) is 4.98 Å². The number of benzene rings is 3. The zero-order valence-corrected chi connectivity index (χ0v) is 24.1. The van der Waals surface area contributed by atoms with Crippen LogP contribution in [0.25, 0.3) is 11.0 Å². The molecule has 5 nitrogen and oxygen atoms in total. The van der Waals surface area contributed by atoms with Crippen molar-refractivity contribution in [3.8, 4) is 0 Å². The Balaban J connectivity index is 1.45. The van der Waals surface area contributed by atoms with Crippen LogP contribution in [0.3, 0.4) is 0 Å². The molecule has 1 fully saturated rings. The quantitative estimate of drug-likeness (QED) is 0.188. The molecule has 1 aliphatic rings. The summed E-state index contributed by atoms with van der Waals surface area (Å²) in [5.41, 5.74) is 5.54. The Bertz CT molecular complexity index is 1370. The standard InChI is InChI=1S/C33H40N4OS/c1-3-4-22-36(33(38)26-16-18-29(39-2)19-17-26)25-32-34-30-14-8-9-15-31(30)37(32)24-28-13-7-6-12-27(28)23-35-20-10-5-11-21-35/h6-9,12-19H,3-5,10-11,20-25H2,1-2H3. The zero-order valence-electron chi connectivity index (χ0n) is 23.3. The van der Waals surface area contributed by atoms with Crippen LogP contribution in [0.2, 0.25) is 0 Å². The Morgan fingerprint density at radius 3 is 2.31 bits per heavy atom. The maximum atomic E-state index is 13.7. The van der Waals surface area contributed by atoms with Gasteiger partial charge in [-0.15, -0.1) is 11.8 Å². The van der Waals surface area contributed by atoms with E-state index in [1.165, 1.54) is 43.5 Å². The van der Waals surface area contributed by atoms with Crippen molar-refractivity contribution in [2.45, 2.75) is 63.6 Å². The van der Waals surface area contributed by atoms with Gasteiger partial charge in [0.05, 0.1) is 17.6 Å². The van der Waals surface area contributed by atoms with Crippen molar-refractivity contribution >= 4 is 28.7 Å². The molecule has 0 radical (unpaired) electrons. The largest absolute Gasteiger partial charge is 0.331 e. The van der Waals surface area contributed by atoms with Crippen LogP contribution in [-0.2, 0) is 19.6 Å². The minimum Gasteiger partial charge on any atom is -0.331 e. The Morgan fingerprint density at radius 1 is 0.897 bits per heavy atom. The predicted octanol–water partition coefficient (Wildman–Crippen LogP) is 7.23. The number of amides is 1. The Labute approximate surface area is 237 Å². The molecule has 1 aliphatic heterocycles. The number of unbranched alkanes of at least 4 members (excludes halogenated alkanes) is 1. The van der Waals surface area contributed by atoms with Crippen LogP contribution in [0.15, 0.2) is 77.7 Å². The van der Waals surface area contributed by atoms with Gasteiger partial charge < -0.3 is 9.47 Å². The third-order valence-electron chi connectivity index (χ3n) is 7.76. The number of hydrogen-bond acceptors (Lipinski definition) is 4. The van der Waals surface area contributed by atoms with Gasteiger partial charge in [-0.3, -0.25) is 9.69 Å². The molecular formula is C33H40N4OS. The maximum Gasteiger partial charge on any atom is 0.254 e. The number of carbonyl (C=O) groups excluding carboxylic acids is 1. The first kappa shape index (κ1) is 27.5. The summed E-state index contributed by atoms with van der Waals surface area (Å²) in [6.07, 6.45) is 7.99. The summed E-state index contributed by atoms with van der Waals surface area (Å²) in [6.45, 7) is 7.48. The van der Waals surface area contributed by atoms with Gasteiger partial charge in [0.15, 0.2) is 0 Å².